The molecule has 154 valence electrons. The second-order valence-corrected chi connectivity index (χ2v) is 7.05. The molecule has 0 aliphatic carbocycles. The van der Waals surface area contributed by atoms with Crippen LogP contribution in [0.25, 0.3) is 0 Å². The standard InChI is InChI=1S/C20H30N4O4/c1-6-23(7-2)14(3)12-21-17(25)13-24-18(26)20(4,22-19(24)27)15-8-10-16(28-5)11-9-15/h8-11,14H,6-7,12-13H2,1-5H3,(H,21,25)(H,22,27). The van der Waals surface area contributed by atoms with Gasteiger partial charge in [0.2, 0.25) is 5.91 Å². The van der Waals surface area contributed by atoms with E-state index in [4.69, 9.17) is 4.74 Å². The van der Waals surface area contributed by atoms with Gasteiger partial charge in [-0.1, -0.05) is 26.0 Å². The van der Waals surface area contributed by atoms with Crippen LogP contribution >= 0.6 is 0 Å². The number of nitrogens with one attached hydrogen (secondary N) is 2. The van der Waals surface area contributed by atoms with Gasteiger partial charge in [-0.05, 0) is 44.6 Å². The molecule has 2 rings (SSSR count). The Morgan fingerprint density at radius 2 is 1.86 bits per heavy atom. The molecule has 2 N–H and O–H groups in total. The van der Waals surface area contributed by atoms with Crippen molar-refractivity contribution < 1.29 is 19.1 Å². The topological polar surface area (TPSA) is 91.0 Å². The Morgan fingerprint density at radius 1 is 1.25 bits per heavy atom. The van der Waals surface area contributed by atoms with Gasteiger partial charge < -0.3 is 15.4 Å². The van der Waals surface area contributed by atoms with Crippen molar-refractivity contribution in [3.05, 3.63) is 29.8 Å². The van der Waals surface area contributed by atoms with Gasteiger partial charge in [-0.2, -0.15) is 0 Å². The van der Waals surface area contributed by atoms with Gasteiger partial charge in [-0.15, -0.1) is 0 Å². The molecular weight excluding hydrogens is 360 g/mol. The van der Waals surface area contributed by atoms with Crippen molar-refractivity contribution in [1.29, 1.82) is 0 Å². The summed E-state index contributed by atoms with van der Waals surface area (Å²) in [6.45, 7) is 9.73. The molecule has 28 heavy (non-hydrogen) atoms. The fraction of sp³-hybridized carbons (Fsp3) is 0.550. The van der Waals surface area contributed by atoms with Crippen LogP contribution in [0.2, 0.25) is 0 Å². The molecule has 0 spiro atoms. The molecule has 0 radical (unpaired) electrons. The van der Waals surface area contributed by atoms with E-state index in [0.717, 1.165) is 18.0 Å². The van der Waals surface area contributed by atoms with E-state index in [1.807, 2.05) is 6.92 Å². The minimum absolute atomic E-state index is 0.173. The molecule has 0 bridgehead atoms. The van der Waals surface area contributed by atoms with Crippen molar-refractivity contribution in [2.75, 3.05) is 33.3 Å². The molecule has 8 heteroatoms. The number of carbonyl (C=O) groups excluding carboxylic acids is 3. The van der Waals surface area contributed by atoms with Gasteiger partial charge in [0.25, 0.3) is 5.91 Å². The van der Waals surface area contributed by atoms with Gasteiger partial charge in [0, 0.05) is 12.6 Å². The number of hydrogen-bond donors (Lipinski definition) is 2. The summed E-state index contributed by atoms with van der Waals surface area (Å²) in [7, 11) is 1.56. The van der Waals surface area contributed by atoms with Crippen LogP contribution < -0.4 is 15.4 Å². The first-order valence-corrected chi connectivity index (χ1v) is 9.56. The minimum Gasteiger partial charge on any atom is -0.497 e. The molecule has 1 aromatic rings. The maximum atomic E-state index is 12.9. The van der Waals surface area contributed by atoms with E-state index >= 15 is 0 Å². The van der Waals surface area contributed by atoms with Crippen LogP contribution in [0.5, 0.6) is 5.75 Å². The Morgan fingerprint density at radius 3 is 2.39 bits per heavy atom. The second-order valence-electron chi connectivity index (χ2n) is 7.05. The van der Waals surface area contributed by atoms with Gasteiger partial charge in [-0.25, -0.2) is 4.79 Å². The smallest absolute Gasteiger partial charge is 0.325 e. The van der Waals surface area contributed by atoms with Crippen molar-refractivity contribution in [2.24, 2.45) is 0 Å². The van der Waals surface area contributed by atoms with Crippen LogP contribution in [0.3, 0.4) is 0 Å². The molecule has 1 aromatic carbocycles. The SMILES string of the molecule is CCN(CC)C(C)CNC(=O)CN1C(=O)NC(C)(c2ccc(OC)cc2)C1=O. The fourth-order valence-electron chi connectivity index (χ4n) is 3.40. The summed E-state index contributed by atoms with van der Waals surface area (Å²) in [6.07, 6.45) is 0. The van der Waals surface area contributed by atoms with E-state index in [1.54, 1.807) is 38.3 Å². The number of ether oxygens (including phenoxy) is 1. The van der Waals surface area contributed by atoms with Crippen LogP contribution in [0, 0.1) is 0 Å². The molecular formula is C20H30N4O4. The van der Waals surface area contributed by atoms with E-state index in [0.29, 0.717) is 17.9 Å². The zero-order valence-electron chi connectivity index (χ0n) is 17.2. The molecule has 2 unspecified atom stereocenters. The van der Waals surface area contributed by atoms with Crippen molar-refractivity contribution in [3.63, 3.8) is 0 Å². The summed E-state index contributed by atoms with van der Waals surface area (Å²) in [5.74, 6) is -0.154. The average molecular weight is 390 g/mol. The fourth-order valence-corrected chi connectivity index (χ4v) is 3.40. The maximum Gasteiger partial charge on any atom is 0.325 e. The zero-order valence-corrected chi connectivity index (χ0v) is 17.2. The third-order valence-electron chi connectivity index (χ3n) is 5.27. The molecule has 0 aromatic heterocycles. The molecule has 1 aliphatic rings. The number of urea groups is 1. The number of methoxy groups -OCH3 is 1. The molecule has 4 amide bonds. The summed E-state index contributed by atoms with van der Waals surface area (Å²) in [5, 5.41) is 5.51. The Labute approximate surface area is 166 Å². The average Bonchev–Trinajstić information content (AvgIpc) is 2.91. The highest BCUT2D eigenvalue weighted by Crippen LogP contribution is 2.29. The largest absolute Gasteiger partial charge is 0.497 e. The van der Waals surface area contributed by atoms with Crippen molar-refractivity contribution in [1.82, 2.24) is 20.4 Å². The number of benzene rings is 1. The molecule has 1 fully saturated rings. The number of likely N-dealkylation sites (N-methyl/N-ethyl adjacent to an activating group) is 1. The lowest BCUT2D eigenvalue weighted by Gasteiger charge is -2.26. The lowest BCUT2D eigenvalue weighted by Crippen LogP contribution is -2.46. The zero-order chi connectivity index (χ0) is 20.9. The van der Waals surface area contributed by atoms with Crippen LogP contribution in [0.15, 0.2) is 24.3 Å². The minimum atomic E-state index is -1.21. The highest BCUT2D eigenvalue weighted by Gasteiger charge is 2.49. The third kappa shape index (κ3) is 4.44. The number of amides is 4. The quantitative estimate of drug-likeness (QED) is 0.621. The summed E-state index contributed by atoms with van der Waals surface area (Å²) >= 11 is 0. The van der Waals surface area contributed by atoms with Gasteiger partial charge in [-0.3, -0.25) is 19.4 Å². The lowest BCUT2D eigenvalue weighted by molar-refractivity contribution is -0.134. The van der Waals surface area contributed by atoms with Gasteiger partial charge in [0.05, 0.1) is 7.11 Å². The van der Waals surface area contributed by atoms with E-state index in [2.05, 4.69) is 29.4 Å². The Kier molecular flexibility index (Phi) is 7.01. The Hall–Kier alpha value is -2.61. The van der Waals surface area contributed by atoms with E-state index in [1.165, 1.54) is 0 Å². The summed E-state index contributed by atoms with van der Waals surface area (Å²) < 4.78 is 5.13. The van der Waals surface area contributed by atoms with Crippen molar-refractivity contribution >= 4 is 17.8 Å². The first-order chi connectivity index (χ1) is 13.3. The van der Waals surface area contributed by atoms with E-state index < -0.39 is 17.5 Å². The predicted molar refractivity (Wildman–Crippen MR) is 106 cm³/mol. The number of hydrogen-bond acceptors (Lipinski definition) is 5. The van der Waals surface area contributed by atoms with E-state index in [9.17, 15) is 14.4 Å². The number of carbonyl (C=O) groups is 3. The molecule has 8 nitrogen and oxygen atoms in total. The lowest BCUT2D eigenvalue weighted by atomic mass is 9.92. The maximum absolute atomic E-state index is 12.9. The van der Waals surface area contributed by atoms with Gasteiger partial charge in [0.1, 0.15) is 17.8 Å². The Bertz CT molecular complexity index is 717. The predicted octanol–water partition coefficient (Wildman–Crippen LogP) is 1.31. The monoisotopic (exact) mass is 390 g/mol. The molecule has 1 saturated heterocycles. The third-order valence-corrected chi connectivity index (χ3v) is 5.27. The first kappa shape index (κ1) is 21.7. The summed E-state index contributed by atoms with van der Waals surface area (Å²) in [4.78, 5) is 40.7. The highest BCUT2D eigenvalue weighted by atomic mass is 16.5. The van der Waals surface area contributed by atoms with Crippen LogP contribution in [0.4, 0.5) is 4.79 Å². The van der Waals surface area contributed by atoms with Crippen molar-refractivity contribution in [3.8, 4) is 5.75 Å². The van der Waals surface area contributed by atoms with E-state index in [-0.39, 0.29) is 18.5 Å². The van der Waals surface area contributed by atoms with Crippen LogP contribution in [0.1, 0.15) is 33.3 Å². The number of nitrogens with zero attached hydrogens (tertiary/aromatic N) is 2. The normalized spacial score (nSPS) is 20.3. The highest BCUT2D eigenvalue weighted by molar-refractivity contribution is 6.09. The first-order valence-electron chi connectivity index (χ1n) is 9.56. The van der Waals surface area contributed by atoms with Gasteiger partial charge >= 0.3 is 6.03 Å². The molecule has 1 heterocycles. The van der Waals surface area contributed by atoms with Crippen molar-refractivity contribution in [2.45, 2.75) is 39.3 Å². The molecule has 2 atom stereocenters. The molecule has 1 aliphatic heterocycles. The number of imide groups is 1. The summed E-state index contributed by atoms with van der Waals surface area (Å²) in [6, 6.07) is 6.51. The van der Waals surface area contributed by atoms with Crippen LogP contribution in [-0.4, -0.2) is 67.0 Å². The Balaban J connectivity index is 2.01. The van der Waals surface area contributed by atoms with Crippen LogP contribution in [-0.2, 0) is 15.1 Å². The van der Waals surface area contributed by atoms with Gasteiger partial charge in [0.15, 0.2) is 0 Å². The summed E-state index contributed by atoms with van der Waals surface area (Å²) in [5.41, 5.74) is -0.581. The number of rotatable bonds is 9. The molecule has 0 saturated carbocycles. The second kappa shape index (κ2) is 9.05.